The van der Waals surface area contributed by atoms with Gasteiger partial charge in [-0.25, -0.2) is 8.42 Å². The molecule has 0 bridgehead atoms. The van der Waals surface area contributed by atoms with Crippen LogP contribution in [0.3, 0.4) is 0 Å². The summed E-state index contributed by atoms with van der Waals surface area (Å²) in [6.45, 7) is 0.900. The lowest BCUT2D eigenvalue weighted by atomic mass is 10.1. The second-order valence-electron chi connectivity index (χ2n) is 6.80. The maximum Gasteiger partial charge on any atom is 0.245 e. The fraction of sp³-hybridized carbons (Fsp3) is 0.300. The summed E-state index contributed by atoms with van der Waals surface area (Å²) in [5, 5.41) is 4.07. The third-order valence-electron chi connectivity index (χ3n) is 4.98. The van der Waals surface area contributed by atoms with E-state index < -0.39 is 16.1 Å². The van der Waals surface area contributed by atoms with Crippen LogP contribution >= 0.6 is 0 Å². The number of aromatic nitrogens is 2. The van der Waals surface area contributed by atoms with Crippen molar-refractivity contribution in [3.8, 4) is 11.4 Å². The molecule has 1 aliphatic rings. The highest BCUT2D eigenvalue weighted by Crippen LogP contribution is 2.35. The molecule has 28 heavy (non-hydrogen) atoms. The van der Waals surface area contributed by atoms with Crippen molar-refractivity contribution in [2.45, 2.75) is 36.7 Å². The topological polar surface area (TPSA) is 102 Å². The van der Waals surface area contributed by atoms with Crippen LogP contribution in [0.5, 0.6) is 0 Å². The Bertz CT molecular complexity index is 1030. The van der Waals surface area contributed by atoms with Gasteiger partial charge in [0.15, 0.2) is 0 Å². The zero-order valence-corrected chi connectivity index (χ0v) is 16.2. The maximum absolute atomic E-state index is 13.1. The molecule has 1 saturated heterocycles. The van der Waals surface area contributed by atoms with Crippen molar-refractivity contribution >= 4 is 10.0 Å². The largest absolute Gasteiger partial charge is 0.337 e. The molecule has 1 atom stereocenters. The van der Waals surface area contributed by atoms with Gasteiger partial charge >= 0.3 is 0 Å². The van der Waals surface area contributed by atoms with Crippen LogP contribution in [0.25, 0.3) is 11.4 Å². The molecular weight excluding hydrogens is 376 g/mol. The minimum absolute atomic E-state index is 0.277. The molecule has 2 heterocycles. The molecule has 2 aromatic carbocycles. The molecule has 1 aromatic heterocycles. The Hall–Kier alpha value is -2.55. The van der Waals surface area contributed by atoms with Crippen molar-refractivity contribution in [3.63, 3.8) is 0 Å². The fourth-order valence-electron chi connectivity index (χ4n) is 3.45. The predicted octanol–water partition coefficient (Wildman–Crippen LogP) is 3.11. The molecular formula is C20H22N4O3S. The lowest BCUT2D eigenvalue weighted by Crippen LogP contribution is -2.38. The summed E-state index contributed by atoms with van der Waals surface area (Å²) in [5.74, 6) is 0.776. The molecule has 8 heteroatoms. The summed E-state index contributed by atoms with van der Waals surface area (Å²) in [4.78, 5) is 4.78. The van der Waals surface area contributed by atoms with Gasteiger partial charge in [0.2, 0.25) is 21.7 Å². The average molecular weight is 398 g/mol. The highest BCUT2D eigenvalue weighted by Gasteiger charge is 2.37. The molecule has 0 saturated carbocycles. The van der Waals surface area contributed by atoms with Gasteiger partial charge in [0.1, 0.15) is 6.04 Å². The van der Waals surface area contributed by atoms with E-state index in [1.54, 1.807) is 30.3 Å². The van der Waals surface area contributed by atoms with E-state index in [0.717, 1.165) is 24.0 Å². The molecule has 0 amide bonds. The van der Waals surface area contributed by atoms with E-state index in [4.69, 9.17) is 10.3 Å². The molecule has 7 nitrogen and oxygen atoms in total. The lowest BCUT2D eigenvalue weighted by molar-refractivity contribution is 0.204. The molecule has 146 valence electrons. The van der Waals surface area contributed by atoms with Crippen LogP contribution in [-0.2, 0) is 16.6 Å². The highest BCUT2D eigenvalue weighted by atomic mass is 32.2. The molecule has 1 unspecified atom stereocenters. The minimum atomic E-state index is -3.63. The van der Waals surface area contributed by atoms with Gasteiger partial charge in [-0.15, -0.1) is 0 Å². The molecule has 0 aliphatic carbocycles. The third-order valence-corrected chi connectivity index (χ3v) is 6.90. The van der Waals surface area contributed by atoms with Gasteiger partial charge in [-0.2, -0.15) is 9.29 Å². The van der Waals surface area contributed by atoms with Gasteiger partial charge in [-0.05, 0) is 30.5 Å². The van der Waals surface area contributed by atoms with E-state index in [-0.39, 0.29) is 4.90 Å². The van der Waals surface area contributed by atoms with Crippen LogP contribution in [0.2, 0.25) is 0 Å². The molecule has 2 N–H and O–H groups in total. The van der Waals surface area contributed by atoms with Crippen LogP contribution in [0.4, 0.5) is 0 Å². The molecule has 3 aromatic rings. The predicted molar refractivity (Wildman–Crippen MR) is 105 cm³/mol. The number of rotatable bonds is 5. The number of nitrogens with zero attached hydrogens (tertiary/aromatic N) is 3. The monoisotopic (exact) mass is 398 g/mol. The first-order chi connectivity index (χ1) is 13.6. The molecule has 4 rings (SSSR count). The molecule has 1 fully saturated rings. The number of benzene rings is 2. The smallest absolute Gasteiger partial charge is 0.245 e. The van der Waals surface area contributed by atoms with E-state index in [2.05, 4.69) is 10.1 Å². The summed E-state index contributed by atoms with van der Waals surface area (Å²) in [6.07, 6.45) is 2.37. The van der Waals surface area contributed by atoms with Gasteiger partial charge < -0.3 is 10.3 Å². The van der Waals surface area contributed by atoms with Crippen LogP contribution in [-0.4, -0.2) is 29.4 Å². The van der Waals surface area contributed by atoms with Gasteiger partial charge in [-0.1, -0.05) is 54.0 Å². The Kier molecular flexibility index (Phi) is 5.25. The molecule has 1 aliphatic heterocycles. The summed E-state index contributed by atoms with van der Waals surface area (Å²) in [5.41, 5.74) is 7.45. The Labute approximate surface area is 164 Å². The van der Waals surface area contributed by atoms with Crippen molar-refractivity contribution in [1.82, 2.24) is 14.4 Å². The Balaban J connectivity index is 1.64. The second kappa shape index (κ2) is 7.83. The average Bonchev–Trinajstić information content (AvgIpc) is 3.24. The standard InChI is InChI=1S/C20H22N4O3S/c21-14-15-9-11-16(12-10-15)19-22-20(27-23-19)18-8-4-5-13-24(18)28(25,26)17-6-2-1-3-7-17/h1-3,6-7,9-12,18H,4-5,8,13-14,21H2. The van der Waals surface area contributed by atoms with Gasteiger partial charge in [0.05, 0.1) is 4.90 Å². The fourth-order valence-corrected chi connectivity index (χ4v) is 5.12. The lowest BCUT2D eigenvalue weighted by Gasteiger charge is -2.32. The normalized spacial score (nSPS) is 18.2. The number of hydrogen-bond acceptors (Lipinski definition) is 6. The van der Waals surface area contributed by atoms with Crippen molar-refractivity contribution in [2.24, 2.45) is 5.73 Å². The number of piperidine rings is 1. The van der Waals surface area contributed by atoms with Crippen LogP contribution < -0.4 is 5.73 Å². The van der Waals surface area contributed by atoms with Crippen LogP contribution in [0, 0.1) is 0 Å². The summed E-state index contributed by atoms with van der Waals surface area (Å²) in [7, 11) is -3.63. The third kappa shape index (κ3) is 3.58. The number of hydrogen-bond donors (Lipinski definition) is 1. The first-order valence-electron chi connectivity index (χ1n) is 9.29. The van der Waals surface area contributed by atoms with E-state index in [0.29, 0.717) is 31.2 Å². The zero-order chi connectivity index (χ0) is 19.6. The highest BCUT2D eigenvalue weighted by molar-refractivity contribution is 7.89. The Morgan fingerprint density at radius 3 is 2.54 bits per heavy atom. The van der Waals surface area contributed by atoms with Crippen LogP contribution in [0.15, 0.2) is 64.0 Å². The van der Waals surface area contributed by atoms with Gasteiger partial charge in [0.25, 0.3) is 0 Å². The van der Waals surface area contributed by atoms with E-state index >= 15 is 0 Å². The minimum Gasteiger partial charge on any atom is -0.337 e. The van der Waals surface area contributed by atoms with E-state index in [9.17, 15) is 8.42 Å². The van der Waals surface area contributed by atoms with Crippen molar-refractivity contribution in [3.05, 3.63) is 66.1 Å². The first kappa shape index (κ1) is 18.8. The quantitative estimate of drug-likeness (QED) is 0.708. The van der Waals surface area contributed by atoms with Crippen LogP contribution in [0.1, 0.15) is 36.8 Å². The second-order valence-corrected chi connectivity index (χ2v) is 8.69. The summed E-state index contributed by atoms with van der Waals surface area (Å²) in [6, 6.07) is 15.6. The SMILES string of the molecule is NCc1ccc(-c2noc(C3CCCCN3S(=O)(=O)c3ccccc3)n2)cc1. The Morgan fingerprint density at radius 2 is 1.82 bits per heavy atom. The van der Waals surface area contributed by atoms with Crippen molar-refractivity contribution in [1.29, 1.82) is 0 Å². The maximum atomic E-state index is 13.1. The van der Waals surface area contributed by atoms with Gasteiger partial charge in [0, 0.05) is 18.7 Å². The molecule has 0 spiro atoms. The van der Waals surface area contributed by atoms with Gasteiger partial charge in [-0.3, -0.25) is 0 Å². The van der Waals surface area contributed by atoms with E-state index in [1.165, 1.54) is 4.31 Å². The first-order valence-corrected chi connectivity index (χ1v) is 10.7. The van der Waals surface area contributed by atoms with Crippen molar-refractivity contribution < 1.29 is 12.9 Å². The summed E-state index contributed by atoms with van der Waals surface area (Å²) >= 11 is 0. The zero-order valence-electron chi connectivity index (χ0n) is 15.4. The van der Waals surface area contributed by atoms with Crippen molar-refractivity contribution in [2.75, 3.05) is 6.54 Å². The summed E-state index contributed by atoms with van der Waals surface area (Å²) < 4.78 is 33.3. The molecule has 0 radical (unpaired) electrons. The number of sulfonamides is 1. The number of nitrogens with two attached hydrogens (primary N) is 1. The Morgan fingerprint density at radius 1 is 1.07 bits per heavy atom. The van der Waals surface area contributed by atoms with E-state index in [1.807, 2.05) is 24.3 Å².